The van der Waals surface area contributed by atoms with E-state index in [1.54, 1.807) is 0 Å². The van der Waals surface area contributed by atoms with Crippen LogP contribution in [-0.2, 0) is 19.1 Å². The molecule has 0 bridgehead atoms. The van der Waals surface area contributed by atoms with E-state index < -0.39 is 35.7 Å². The van der Waals surface area contributed by atoms with Gasteiger partial charge < -0.3 is 24.9 Å². The molecule has 0 heterocycles. The summed E-state index contributed by atoms with van der Waals surface area (Å²) < 4.78 is 5.79. The molecule has 5 aliphatic carbocycles. The lowest BCUT2D eigenvalue weighted by Gasteiger charge is -2.71. The summed E-state index contributed by atoms with van der Waals surface area (Å²) in [4.78, 5) is 36.4. The first-order valence-corrected chi connectivity index (χ1v) is 16.0. The van der Waals surface area contributed by atoms with Crippen LogP contribution in [0.4, 0.5) is 0 Å². The lowest BCUT2D eigenvalue weighted by molar-refractivity contribution is -0.218. The minimum atomic E-state index is -1.87. The van der Waals surface area contributed by atoms with Crippen LogP contribution in [0.1, 0.15) is 106 Å². The Hall–Kier alpha value is -1.73. The molecule has 7 nitrogen and oxygen atoms in total. The van der Waals surface area contributed by atoms with Crippen LogP contribution in [0.3, 0.4) is 0 Å². The summed E-state index contributed by atoms with van der Waals surface area (Å²) in [6.45, 7) is 16.3. The Morgan fingerprint density at radius 1 is 0.951 bits per heavy atom. The Morgan fingerprint density at radius 2 is 1.63 bits per heavy atom. The van der Waals surface area contributed by atoms with Gasteiger partial charge in [0, 0.05) is 5.41 Å². The summed E-state index contributed by atoms with van der Waals surface area (Å²) >= 11 is 0. The van der Waals surface area contributed by atoms with Gasteiger partial charge in [0.1, 0.15) is 12.2 Å². The minimum absolute atomic E-state index is 0.0121. The second-order valence-corrected chi connectivity index (χ2v) is 16.0. The van der Waals surface area contributed by atoms with Gasteiger partial charge in [0.25, 0.3) is 0 Å². The number of esters is 1. The maximum atomic E-state index is 12.9. The van der Waals surface area contributed by atoms with Crippen molar-refractivity contribution in [3.63, 3.8) is 0 Å². The molecule has 4 fully saturated rings. The Kier molecular flexibility index (Phi) is 7.42. The van der Waals surface area contributed by atoms with Crippen molar-refractivity contribution in [2.75, 3.05) is 0 Å². The molecule has 41 heavy (non-hydrogen) atoms. The van der Waals surface area contributed by atoms with Gasteiger partial charge in [-0.3, -0.25) is 4.79 Å². The number of aliphatic hydroxyl groups excluding tert-OH is 2. The zero-order valence-corrected chi connectivity index (χ0v) is 26.1. The van der Waals surface area contributed by atoms with Gasteiger partial charge >= 0.3 is 11.9 Å². The number of carbonyl (C=O) groups is 3. The van der Waals surface area contributed by atoms with E-state index in [0.717, 1.165) is 51.4 Å². The van der Waals surface area contributed by atoms with E-state index in [0.29, 0.717) is 30.1 Å². The number of rotatable bonds is 5. The maximum Gasteiger partial charge on any atom is 0.338 e. The van der Waals surface area contributed by atoms with Crippen molar-refractivity contribution >= 4 is 18.2 Å². The summed E-state index contributed by atoms with van der Waals surface area (Å²) in [6, 6.07) is 0. The molecule has 0 amide bonds. The van der Waals surface area contributed by atoms with Crippen LogP contribution >= 0.6 is 0 Å². The molecule has 12 atom stereocenters. The molecule has 5 rings (SSSR count). The lowest BCUT2D eigenvalue weighted by atomic mass is 9.33. The average Bonchev–Trinajstić information content (AvgIpc) is 2.91. The normalized spacial score (nSPS) is 48.2. The number of aliphatic carboxylic acids is 1. The van der Waals surface area contributed by atoms with Gasteiger partial charge in [-0.2, -0.15) is 0 Å². The SMILES string of the molecule is C[C@H]1[C@H](C)CC[C@]2(C(=O)O)CC[C@]3(C)C(=CC[C@@H]4[C@@]5(C)CC[C@H](OC(=O)C(O)C(O)C=O)C(C)(C)C5CC[C@]43C)[C@H]12. The summed E-state index contributed by atoms with van der Waals surface area (Å²) in [6.07, 6.45) is 6.52. The van der Waals surface area contributed by atoms with Crippen molar-refractivity contribution in [3.05, 3.63) is 11.6 Å². The zero-order valence-electron chi connectivity index (χ0n) is 26.1. The van der Waals surface area contributed by atoms with E-state index in [2.05, 4.69) is 54.5 Å². The number of carbonyl (C=O) groups excluding carboxylic acids is 2. The first-order chi connectivity index (χ1) is 19.0. The highest BCUT2D eigenvalue weighted by Crippen LogP contribution is 2.75. The monoisotopic (exact) mass is 572 g/mol. The van der Waals surface area contributed by atoms with E-state index >= 15 is 0 Å². The Balaban J connectivity index is 1.48. The summed E-state index contributed by atoms with van der Waals surface area (Å²) in [5.74, 6) is 0.119. The van der Waals surface area contributed by atoms with E-state index in [4.69, 9.17) is 4.74 Å². The number of fused-ring (bicyclic) bond motifs is 7. The van der Waals surface area contributed by atoms with Crippen molar-refractivity contribution in [2.24, 2.45) is 56.7 Å². The van der Waals surface area contributed by atoms with Crippen LogP contribution in [0.5, 0.6) is 0 Å². The van der Waals surface area contributed by atoms with E-state index in [1.165, 1.54) is 5.57 Å². The van der Waals surface area contributed by atoms with Crippen LogP contribution in [-0.4, -0.2) is 51.9 Å². The van der Waals surface area contributed by atoms with Crippen molar-refractivity contribution in [1.29, 1.82) is 0 Å². The fourth-order valence-electron chi connectivity index (χ4n) is 11.5. The molecule has 5 aliphatic rings. The highest BCUT2D eigenvalue weighted by Gasteiger charge is 2.69. The Bertz CT molecular complexity index is 1130. The predicted molar refractivity (Wildman–Crippen MR) is 155 cm³/mol. The van der Waals surface area contributed by atoms with Gasteiger partial charge in [-0.25, -0.2) is 4.79 Å². The largest absolute Gasteiger partial charge is 0.481 e. The molecule has 3 N–H and O–H groups in total. The van der Waals surface area contributed by atoms with Gasteiger partial charge in [0.15, 0.2) is 12.4 Å². The number of hydrogen-bond acceptors (Lipinski definition) is 6. The highest BCUT2D eigenvalue weighted by atomic mass is 16.6. The zero-order chi connectivity index (χ0) is 30.3. The number of aldehydes is 1. The number of aliphatic hydroxyl groups is 2. The number of hydrogen-bond donors (Lipinski definition) is 3. The smallest absolute Gasteiger partial charge is 0.338 e. The van der Waals surface area contributed by atoms with Crippen LogP contribution in [0, 0.1) is 56.7 Å². The lowest BCUT2D eigenvalue weighted by Crippen LogP contribution is -2.65. The third-order valence-corrected chi connectivity index (χ3v) is 14.3. The summed E-state index contributed by atoms with van der Waals surface area (Å²) in [5, 5.41) is 30.3. The number of carboxylic acids is 1. The molecule has 0 aromatic heterocycles. The predicted octanol–water partition coefficient (Wildman–Crippen LogP) is 5.56. The van der Waals surface area contributed by atoms with Crippen molar-refractivity contribution in [2.45, 2.75) is 125 Å². The van der Waals surface area contributed by atoms with Crippen molar-refractivity contribution < 1.29 is 34.4 Å². The Labute approximate surface area is 245 Å². The molecule has 0 radical (unpaired) electrons. The minimum Gasteiger partial charge on any atom is -0.481 e. The summed E-state index contributed by atoms with van der Waals surface area (Å²) in [5.41, 5.74) is 0.430. The van der Waals surface area contributed by atoms with Crippen molar-refractivity contribution in [1.82, 2.24) is 0 Å². The molecule has 0 spiro atoms. The average molecular weight is 573 g/mol. The third-order valence-electron chi connectivity index (χ3n) is 14.3. The Morgan fingerprint density at radius 3 is 2.27 bits per heavy atom. The van der Waals surface area contributed by atoms with Crippen LogP contribution < -0.4 is 0 Å². The molecule has 230 valence electrons. The fraction of sp³-hybridized carbons (Fsp3) is 0.853. The first kappa shape index (κ1) is 30.7. The third kappa shape index (κ3) is 4.07. The quantitative estimate of drug-likeness (QED) is 0.224. The van der Waals surface area contributed by atoms with Gasteiger partial charge in [0.05, 0.1) is 5.41 Å². The molecule has 4 saturated carbocycles. The highest BCUT2D eigenvalue weighted by molar-refractivity contribution is 5.80. The van der Waals surface area contributed by atoms with E-state index in [-0.39, 0.29) is 33.9 Å². The van der Waals surface area contributed by atoms with Crippen LogP contribution in [0.2, 0.25) is 0 Å². The fourth-order valence-corrected chi connectivity index (χ4v) is 11.5. The maximum absolute atomic E-state index is 12.9. The van der Waals surface area contributed by atoms with Gasteiger partial charge in [0.2, 0.25) is 0 Å². The molecular weight excluding hydrogens is 520 g/mol. The second-order valence-electron chi connectivity index (χ2n) is 16.0. The van der Waals surface area contributed by atoms with Crippen LogP contribution in [0.15, 0.2) is 11.6 Å². The molecule has 0 aliphatic heterocycles. The molecule has 7 heteroatoms. The van der Waals surface area contributed by atoms with Crippen molar-refractivity contribution in [3.8, 4) is 0 Å². The van der Waals surface area contributed by atoms with Crippen LogP contribution in [0.25, 0.3) is 0 Å². The van der Waals surface area contributed by atoms with Gasteiger partial charge in [-0.1, -0.05) is 60.1 Å². The molecule has 0 saturated heterocycles. The molecule has 3 unspecified atom stereocenters. The van der Waals surface area contributed by atoms with Gasteiger partial charge in [-0.15, -0.1) is 0 Å². The van der Waals surface area contributed by atoms with E-state index in [1.807, 2.05) is 0 Å². The van der Waals surface area contributed by atoms with Gasteiger partial charge in [-0.05, 0) is 104 Å². The van der Waals surface area contributed by atoms with E-state index in [9.17, 15) is 29.7 Å². The molecule has 0 aromatic rings. The second kappa shape index (κ2) is 9.90. The molecular formula is C34H52O7. The first-order valence-electron chi connectivity index (χ1n) is 16.0. The standard InChI is InChI=1S/C34H52O7/c1-19-10-15-34(29(39)40)17-16-32(6)21(26(34)20(19)2)8-9-24-31(5)13-12-25(41-28(38)27(37)22(36)18-35)30(3,4)23(31)11-14-33(24,32)7/h8,18-20,22-27,36-37H,9-17H2,1-7H3,(H,39,40)/t19-,20+,22?,23?,24-,25+,26+,27?,31+,32-,33-,34+/m1/s1. The molecule has 0 aromatic carbocycles. The number of ether oxygens (including phenoxy) is 1. The topological polar surface area (TPSA) is 121 Å². The summed E-state index contributed by atoms with van der Waals surface area (Å²) in [7, 11) is 0. The number of carboxylic acid groups (broad SMARTS) is 1. The number of allylic oxidation sites excluding steroid dienone is 2.